The van der Waals surface area contributed by atoms with E-state index >= 15 is 0 Å². The van der Waals surface area contributed by atoms with Crippen LogP contribution in [0, 0.1) is 0 Å². The van der Waals surface area contributed by atoms with E-state index in [9.17, 15) is 4.79 Å². The van der Waals surface area contributed by atoms with Crippen LogP contribution in [0.15, 0.2) is 30.3 Å². The summed E-state index contributed by atoms with van der Waals surface area (Å²) in [5.74, 6) is -0.271. The molecule has 1 aromatic rings. The van der Waals surface area contributed by atoms with Crippen molar-refractivity contribution in [3.05, 3.63) is 35.9 Å². The van der Waals surface area contributed by atoms with Gasteiger partial charge in [0.1, 0.15) is 6.10 Å². The van der Waals surface area contributed by atoms with Gasteiger partial charge in [0.15, 0.2) is 0 Å². The highest BCUT2D eigenvalue weighted by atomic mass is 28.4. The van der Waals surface area contributed by atoms with Gasteiger partial charge in [0, 0.05) is 6.42 Å². The van der Waals surface area contributed by atoms with Gasteiger partial charge in [0.25, 0.3) is 0 Å². The molecule has 3 nitrogen and oxygen atoms in total. The summed E-state index contributed by atoms with van der Waals surface area (Å²) in [6, 6.07) is 10.0. The molecular weight excluding hydrogens is 304 g/mol. The Kier molecular flexibility index (Phi) is 7.48. The number of ether oxygens (including phenoxy) is 1. The third-order valence-corrected chi connectivity index (χ3v) is 10.9. The van der Waals surface area contributed by atoms with Crippen molar-refractivity contribution in [1.29, 1.82) is 0 Å². The molecule has 0 unspecified atom stereocenters. The SMILES string of the molecule is COC(=O)[C@@H](Cc1ccccc1)O[Si](C(C)C)(C(C)C)C(C)C. The van der Waals surface area contributed by atoms with Gasteiger partial charge >= 0.3 is 5.97 Å². The van der Waals surface area contributed by atoms with Crippen LogP contribution in [0.5, 0.6) is 0 Å². The Morgan fingerprint density at radius 2 is 1.43 bits per heavy atom. The van der Waals surface area contributed by atoms with Crippen molar-refractivity contribution >= 4 is 14.3 Å². The second-order valence-electron chi connectivity index (χ2n) is 7.14. The zero-order valence-corrected chi connectivity index (χ0v) is 16.6. The van der Waals surface area contributed by atoms with Gasteiger partial charge in [-0.1, -0.05) is 71.9 Å². The molecule has 0 saturated heterocycles. The average Bonchev–Trinajstić information content (AvgIpc) is 2.50. The molecule has 0 amide bonds. The van der Waals surface area contributed by atoms with Crippen molar-refractivity contribution in [2.45, 2.75) is 70.7 Å². The zero-order chi connectivity index (χ0) is 17.6. The minimum atomic E-state index is -2.12. The minimum Gasteiger partial charge on any atom is -0.467 e. The van der Waals surface area contributed by atoms with Gasteiger partial charge in [0.2, 0.25) is 8.32 Å². The first-order chi connectivity index (χ1) is 10.8. The summed E-state index contributed by atoms with van der Waals surface area (Å²) in [7, 11) is -0.687. The number of esters is 1. The van der Waals surface area contributed by atoms with E-state index in [1.807, 2.05) is 30.3 Å². The lowest BCUT2D eigenvalue weighted by Gasteiger charge is -2.44. The Labute approximate surface area is 142 Å². The lowest BCUT2D eigenvalue weighted by Crippen LogP contribution is -2.52. The monoisotopic (exact) mass is 336 g/mol. The van der Waals surface area contributed by atoms with Crippen LogP contribution >= 0.6 is 0 Å². The second-order valence-corrected chi connectivity index (χ2v) is 12.5. The van der Waals surface area contributed by atoms with E-state index in [2.05, 4.69) is 41.5 Å². The maximum atomic E-state index is 12.3. The Morgan fingerprint density at radius 3 is 1.83 bits per heavy atom. The fourth-order valence-corrected chi connectivity index (χ4v) is 9.28. The van der Waals surface area contributed by atoms with E-state index in [-0.39, 0.29) is 5.97 Å². The first-order valence-corrected chi connectivity index (χ1v) is 10.7. The summed E-state index contributed by atoms with van der Waals surface area (Å²) in [6.45, 7) is 13.4. The number of hydrogen-bond acceptors (Lipinski definition) is 3. The lowest BCUT2D eigenvalue weighted by atomic mass is 10.1. The highest BCUT2D eigenvalue weighted by Crippen LogP contribution is 2.43. The van der Waals surface area contributed by atoms with Crippen molar-refractivity contribution in [2.75, 3.05) is 7.11 Å². The summed E-state index contributed by atoms with van der Waals surface area (Å²) in [5, 5.41) is 0. The highest BCUT2D eigenvalue weighted by molar-refractivity contribution is 6.77. The molecule has 0 bridgehead atoms. The van der Waals surface area contributed by atoms with Crippen molar-refractivity contribution < 1.29 is 14.0 Å². The third kappa shape index (κ3) is 4.67. The highest BCUT2D eigenvalue weighted by Gasteiger charge is 2.47. The maximum absolute atomic E-state index is 12.3. The molecule has 0 spiro atoms. The standard InChI is InChI=1S/C19H32O3Si/c1-14(2)23(15(3)4,16(5)6)22-18(19(20)21-7)13-17-11-9-8-10-12-17/h8-12,14-16,18H,13H2,1-7H3/t18-/m1/s1. The largest absolute Gasteiger partial charge is 0.467 e. The van der Waals surface area contributed by atoms with Gasteiger partial charge in [-0.05, 0) is 22.2 Å². The predicted molar refractivity (Wildman–Crippen MR) is 98.1 cm³/mol. The predicted octanol–water partition coefficient (Wildman–Crippen LogP) is 4.96. The number of carbonyl (C=O) groups is 1. The quantitative estimate of drug-likeness (QED) is 0.497. The molecule has 0 aliphatic carbocycles. The van der Waals surface area contributed by atoms with Gasteiger partial charge in [-0.2, -0.15) is 0 Å². The van der Waals surface area contributed by atoms with Crippen LogP contribution < -0.4 is 0 Å². The molecule has 1 aromatic carbocycles. The Hall–Kier alpha value is -1.13. The molecule has 0 aliphatic rings. The first-order valence-electron chi connectivity index (χ1n) is 8.55. The van der Waals surface area contributed by atoms with Gasteiger partial charge in [-0.25, -0.2) is 4.79 Å². The van der Waals surface area contributed by atoms with Gasteiger partial charge in [0.05, 0.1) is 7.11 Å². The molecule has 0 fully saturated rings. The van der Waals surface area contributed by atoms with Crippen LogP contribution in [0.25, 0.3) is 0 Å². The number of carbonyl (C=O) groups excluding carboxylic acids is 1. The van der Waals surface area contributed by atoms with E-state index in [4.69, 9.17) is 9.16 Å². The van der Waals surface area contributed by atoms with E-state index < -0.39 is 14.4 Å². The first kappa shape index (κ1) is 19.9. The molecule has 130 valence electrons. The minimum absolute atomic E-state index is 0.271. The maximum Gasteiger partial charge on any atom is 0.334 e. The van der Waals surface area contributed by atoms with Crippen LogP contribution in [0.3, 0.4) is 0 Å². The molecule has 0 aliphatic heterocycles. The van der Waals surface area contributed by atoms with Crippen molar-refractivity contribution in [1.82, 2.24) is 0 Å². The van der Waals surface area contributed by atoms with Crippen molar-refractivity contribution in [2.24, 2.45) is 0 Å². The fraction of sp³-hybridized carbons (Fsp3) is 0.632. The van der Waals surface area contributed by atoms with Crippen LogP contribution in [0.1, 0.15) is 47.1 Å². The van der Waals surface area contributed by atoms with Gasteiger partial charge in [-0.15, -0.1) is 0 Å². The van der Waals surface area contributed by atoms with Crippen molar-refractivity contribution in [3.63, 3.8) is 0 Å². The van der Waals surface area contributed by atoms with Crippen LogP contribution in [0.2, 0.25) is 16.6 Å². The van der Waals surface area contributed by atoms with Crippen LogP contribution in [-0.2, 0) is 20.4 Å². The fourth-order valence-electron chi connectivity index (χ4n) is 3.79. The van der Waals surface area contributed by atoms with Gasteiger partial charge < -0.3 is 9.16 Å². The number of hydrogen-bond donors (Lipinski definition) is 0. The van der Waals surface area contributed by atoms with Gasteiger partial charge in [-0.3, -0.25) is 0 Å². The van der Waals surface area contributed by atoms with E-state index in [1.54, 1.807) is 0 Å². The Balaban J connectivity index is 3.13. The molecule has 0 aromatic heterocycles. The molecule has 1 atom stereocenters. The summed E-state index contributed by atoms with van der Waals surface area (Å²) >= 11 is 0. The molecule has 4 heteroatoms. The molecular formula is C19H32O3Si. The summed E-state index contributed by atoms with van der Waals surface area (Å²) in [6.07, 6.45) is 0.0373. The van der Waals surface area contributed by atoms with E-state index in [0.717, 1.165) is 5.56 Å². The molecule has 0 saturated carbocycles. The van der Waals surface area contributed by atoms with Crippen molar-refractivity contribution in [3.8, 4) is 0 Å². The Morgan fingerprint density at radius 1 is 0.957 bits per heavy atom. The van der Waals surface area contributed by atoms with Crippen LogP contribution in [0.4, 0.5) is 0 Å². The summed E-state index contributed by atoms with van der Waals surface area (Å²) < 4.78 is 11.7. The average molecular weight is 337 g/mol. The molecule has 1 rings (SSSR count). The number of benzene rings is 1. The van der Waals surface area contributed by atoms with E-state index in [0.29, 0.717) is 23.0 Å². The smallest absolute Gasteiger partial charge is 0.334 e. The number of rotatable bonds is 8. The van der Waals surface area contributed by atoms with Crippen LogP contribution in [-0.4, -0.2) is 27.5 Å². The number of methoxy groups -OCH3 is 1. The molecule has 0 heterocycles. The zero-order valence-electron chi connectivity index (χ0n) is 15.6. The normalized spacial score (nSPS) is 13.7. The summed E-state index contributed by atoms with van der Waals surface area (Å²) in [5.41, 5.74) is 2.41. The summed E-state index contributed by atoms with van der Waals surface area (Å²) in [4.78, 5) is 12.3. The lowest BCUT2D eigenvalue weighted by molar-refractivity contribution is -0.149. The third-order valence-electron chi connectivity index (χ3n) is 4.78. The molecule has 23 heavy (non-hydrogen) atoms. The topological polar surface area (TPSA) is 35.5 Å². The second kappa shape index (κ2) is 8.64. The van der Waals surface area contributed by atoms with E-state index in [1.165, 1.54) is 7.11 Å². The molecule has 0 N–H and O–H groups in total. The molecule has 0 radical (unpaired) electrons. The Bertz CT molecular complexity index is 461.